The topological polar surface area (TPSA) is 80.9 Å². The number of phenolic OH excluding ortho intramolecular Hbond substituents is 4. The Kier molecular flexibility index (Phi) is 12.0. The molecular weight excluding hydrogens is 856 g/mol. The number of phenols is 4. The number of halogens is 8. The summed E-state index contributed by atoms with van der Waals surface area (Å²) in [5, 5.41) is 43.3. The van der Waals surface area contributed by atoms with Crippen molar-refractivity contribution in [3.63, 3.8) is 0 Å². The molecule has 4 N–H and O–H groups in total. The van der Waals surface area contributed by atoms with Crippen molar-refractivity contribution >= 4 is 88.2 Å². The number of aromatic hydroxyl groups is 4. The van der Waals surface area contributed by atoms with Gasteiger partial charge >= 0.3 is 0 Å². The van der Waals surface area contributed by atoms with Crippen LogP contribution >= 0.6 is 66.7 Å². The number of fused-ring (bicyclic) bond motifs is 2. The van der Waals surface area contributed by atoms with Gasteiger partial charge in [0.2, 0.25) is 0 Å². The number of rotatable bonds is 2. The molecule has 0 aromatic heterocycles. The van der Waals surface area contributed by atoms with E-state index in [0.717, 1.165) is 22.9 Å². The lowest BCUT2D eigenvalue weighted by Gasteiger charge is -2.15. The zero-order chi connectivity index (χ0) is 37.1. The fraction of sp³-hybridized carbons (Fsp3) is 0.0256. The van der Waals surface area contributed by atoms with Crippen LogP contribution in [0.15, 0.2) is 112 Å². The van der Waals surface area contributed by atoms with Crippen LogP contribution in [0.2, 0.25) is 15.1 Å². The van der Waals surface area contributed by atoms with Gasteiger partial charge in [-0.05, 0) is 152 Å². The molecular formula is C39H24Br2Cl3F3O4. The first-order chi connectivity index (χ1) is 24.2. The molecule has 0 bridgehead atoms. The number of aryl methyl sites for hydroxylation is 1. The maximum atomic E-state index is 14.5. The molecule has 7 aromatic carbocycles. The van der Waals surface area contributed by atoms with Crippen molar-refractivity contribution in [2.45, 2.75) is 6.92 Å². The smallest absolute Gasteiger partial charge is 0.132 e. The Hall–Kier alpha value is -4.12. The molecule has 0 saturated heterocycles. The molecule has 0 saturated carbocycles. The highest BCUT2D eigenvalue weighted by Crippen LogP contribution is 2.45. The molecule has 0 aliphatic rings. The Morgan fingerprint density at radius 2 is 0.765 bits per heavy atom. The number of benzene rings is 7. The Bertz CT molecular complexity index is 2300. The van der Waals surface area contributed by atoms with Crippen LogP contribution in [-0.4, -0.2) is 20.4 Å². The maximum Gasteiger partial charge on any atom is 0.132 e. The summed E-state index contributed by atoms with van der Waals surface area (Å²) in [7, 11) is 0. The van der Waals surface area contributed by atoms with Gasteiger partial charge in [-0.15, -0.1) is 0 Å². The molecule has 0 amide bonds. The summed E-state index contributed by atoms with van der Waals surface area (Å²) in [4.78, 5) is 0. The van der Waals surface area contributed by atoms with Gasteiger partial charge in [0.25, 0.3) is 0 Å². The highest BCUT2D eigenvalue weighted by atomic mass is 79.9. The first-order valence-electron chi connectivity index (χ1n) is 14.8. The Balaban J connectivity index is 0.000000180. The molecule has 0 fully saturated rings. The molecule has 4 nitrogen and oxygen atoms in total. The average Bonchev–Trinajstić information content (AvgIpc) is 3.08. The highest BCUT2D eigenvalue weighted by Gasteiger charge is 2.20. The molecule has 51 heavy (non-hydrogen) atoms. The summed E-state index contributed by atoms with van der Waals surface area (Å²) < 4.78 is 42.8. The van der Waals surface area contributed by atoms with Gasteiger partial charge in [-0.25, -0.2) is 13.2 Å². The quantitative estimate of drug-likeness (QED) is 0.139. The second kappa shape index (κ2) is 16.0. The standard InChI is InChI=1S/C22H12Cl2F2O2.C10H6Br2O2.C7H6ClF/c23-11-1-3-15(17(25)9-11)21-13-5-8-20(28)22(14(13)6-7-19(21)27)16-4-2-12(24)10-18(16)26;11-9-5-1-3-7(13)10(12)6(5)2-4-8(9)14;1-5-2-3-6(8)4-7(5)9/h1-10,27-28H;1-4,13-14H;2-4H,1H3. The molecule has 0 aliphatic carbocycles. The van der Waals surface area contributed by atoms with E-state index in [9.17, 15) is 33.6 Å². The predicted octanol–water partition coefficient (Wildman–Crippen LogP) is 13.7. The summed E-state index contributed by atoms with van der Waals surface area (Å²) >= 11 is 23.7. The molecule has 0 atom stereocenters. The summed E-state index contributed by atoms with van der Waals surface area (Å²) in [5.41, 5.74) is 1.35. The lowest BCUT2D eigenvalue weighted by atomic mass is 9.91. The molecule has 12 heteroatoms. The third kappa shape index (κ3) is 8.35. The minimum Gasteiger partial charge on any atom is -0.507 e. The zero-order valence-corrected chi connectivity index (χ0v) is 31.6. The molecule has 260 valence electrons. The van der Waals surface area contributed by atoms with Crippen LogP contribution in [0.3, 0.4) is 0 Å². The first-order valence-corrected chi connectivity index (χ1v) is 17.5. The first kappa shape index (κ1) is 38.1. The molecule has 0 radical (unpaired) electrons. The van der Waals surface area contributed by atoms with Crippen LogP contribution in [0.25, 0.3) is 43.8 Å². The van der Waals surface area contributed by atoms with Gasteiger partial charge in [-0.3, -0.25) is 0 Å². The summed E-state index contributed by atoms with van der Waals surface area (Å²) in [6, 6.07) is 25.4. The van der Waals surface area contributed by atoms with Crippen LogP contribution in [0.1, 0.15) is 5.56 Å². The second-order valence-corrected chi connectivity index (χ2v) is 13.9. The van der Waals surface area contributed by atoms with Crippen molar-refractivity contribution in [1.82, 2.24) is 0 Å². The summed E-state index contributed by atoms with van der Waals surface area (Å²) in [6.07, 6.45) is 0. The van der Waals surface area contributed by atoms with Gasteiger partial charge in [-0.1, -0.05) is 40.9 Å². The van der Waals surface area contributed by atoms with E-state index in [4.69, 9.17) is 34.8 Å². The lowest BCUT2D eigenvalue weighted by Crippen LogP contribution is -1.91. The van der Waals surface area contributed by atoms with Gasteiger partial charge < -0.3 is 20.4 Å². The average molecular weight is 880 g/mol. The third-order valence-electron chi connectivity index (χ3n) is 7.72. The number of hydrogen-bond acceptors (Lipinski definition) is 4. The van der Waals surface area contributed by atoms with Gasteiger partial charge in [0.1, 0.15) is 40.4 Å². The predicted molar refractivity (Wildman–Crippen MR) is 207 cm³/mol. The molecule has 0 unspecified atom stereocenters. The van der Waals surface area contributed by atoms with Crippen LogP contribution in [-0.2, 0) is 0 Å². The van der Waals surface area contributed by atoms with Crippen molar-refractivity contribution in [3.8, 4) is 45.3 Å². The normalized spacial score (nSPS) is 10.8. The van der Waals surface area contributed by atoms with Crippen molar-refractivity contribution < 1.29 is 33.6 Å². The minimum absolute atomic E-state index is 0.140. The monoisotopic (exact) mass is 876 g/mol. The van der Waals surface area contributed by atoms with Crippen molar-refractivity contribution in [2.24, 2.45) is 0 Å². The fourth-order valence-corrected chi connectivity index (χ4v) is 6.64. The van der Waals surface area contributed by atoms with Crippen LogP contribution < -0.4 is 0 Å². The van der Waals surface area contributed by atoms with Crippen molar-refractivity contribution in [3.05, 3.63) is 150 Å². The van der Waals surface area contributed by atoms with E-state index in [-0.39, 0.29) is 61.1 Å². The van der Waals surface area contributed by atoms with Crippen LogP contribution in [0.5, 0.6) is 23.0 Å². The van der Waals surface area contributed by atoms with Crippen molar-refractivity contribution in [1.29, 1.82) is 0 Å². The largest absolute Gasteiger partial charge is 0.507 e. The molecule has 7 rings (SSSR count). The molecule has 0 heterocycles. The zero-order valence-electron chi connectivity index (χ0n) is 26.1. The van der Waals surface area contributed by atoms with Gasteiger partial charge in [0.05, 0.1) is 8.95 Å². The third-order valence-corrected chi connectivity index (χ3v) is 10.1. The van der Waals surface area contributed by atoms with E-state index in [1.54, 1.807) is 55.5 Å². The van der Waals surface area contributed by atoms with E-state index in [1.165, 1.54) is 42.5 Å². The minimum atomic E-state index is -0.609. The summed E-state index contributed by atoms with van der Waals surface area (Å²) in [6.45, 7) is 1.70. The fourth-order valence-electron chi connectivity index (χ4n) is 5.21. The Labute approximate surface area is 322 Å². The molecule has 0 aliphatic heterocycles. The SMILES string of the molecule is Cc1ccc(Cl)cc1F.Oc1ccc2c(-c3ccc(Cl)cc3F)c(O)ccc2c1-c1ccc(Cl)cc1F.Oc1ccc2c(Br)c(O)ccc2c1Br. The van der Waals surface area contributed by atoms with E-state index >= 15 is 0 Å². The molecule has 0 spiro atoms. The van der Waals surface area contributed by atoms with E-state index < -0.39 is 11.6 Å². The van der Waals surface area contributed by atoms with Crippen molar-refractivity contribution in [2.75, 3.05) is 0 Å². The van der Waals surface area contributed by atoms with Gasteiger partial charge in [0, 0.05) is 48.1 Å². The van der Waals surface area contributed by atoms with E-state index in [0.29, 0.717) is 30.3 Å². The summed E-state index contributed by atoms with van der Waals surface area (Å²) in [5.74, 6) is -1.39. The lowest BCUT2D eigenvalue weighted by molar-refractivity contribution is 0.470. The van der Waals surface area contributed by atoms with E-state index in [1.807, 2.05) is 0 Å². The maximum absolute atomic E-state index is 14.5. The highest BCUT2D eigenvalue weighted by molar-refractivity contribution is 9.11. The Morgan fingerprint density at radius 1 is 0.431 bits per heavy atom. The van der Waals surface area contributed by atoms with Gasteiger partial charge in [-0.2, -0.15) is 0 Å². The van der Waals surface area contributed by atoms with Crippen LogP contribution in [0, 0.1) is 24.4 Å². The van der Waals surface area contributed by atoms with Crippen LogP contribution in [0.4, 0.5) is 13.2 Å². The van der Waals surface area contributed by atoms with E-state index in [2.05, 4.69) is 31.9 Å². The Morgan fingerprint density at radius 3 is 1.12 bits per heavy atom. The second-order valence-electron chi connectivity index (χ2n) is 11.0. The molecule has 7 aromatic rings. The van der Waals surface area contributed by atoms with Gasteiger partial charge in [0.15, 0.2) is 0 Å². The number of hydrogen-bond donors (Lipinski definition) is 4.